The van der Waals surface area contributed by atoms with Gasteiger partial charge in [-0.15, -0.1) is 0 Å². The summed E-state index contributed by atoms with van der Waals surface area (Å²) >= 11 is 0. The first kappa shape index (κ1) is 25.1. The molecule has 180 valence electrons. The molecule has 1 saturated heterocycles. The SMILES string of the molecule is C=CCOc1ccc(C(O)=C2C(=O)C(=O)N(CCN(CC)CC)C2c2cccc(OC)c2)cc1. The molecule has 0 aromatic heterocycles. The van der Waals surface area contributed by atoms with Crippen LogP contribution in [-0.4, -0.2) is 66.5 Å². The summed E-state index contributed by atoms with van der Waals surface area (Å²) in [7, 11) is 1.56. The Balaban J connectivity index is 2.06. The molecule has 1 unspecified atom stereocenters. The Morgan fingerprint density at radius 2 is 1.82 bits per heavy atom. The number of hydrogen-bond acceptors (Lipinski definition) is 6. The lowest BCUT2D eigenvalue weighted by molar-refractivity contribution is -0.140. The van der Waals surface area contributed by atoms with Crippen LogP contribution in [0.5, 0.6) is 11.5 Å². The average molecular weight is 465 g/mol. The van der Waals surface area contributed by atoms with Crippen LogP contribution in [0, 0.1) is 0 Å². The molecule has 0 bridgehead atoms. The molecule has 7 heteroatoms. The van der Waals surface area contributed by atoms with Crippen molar-refractivity contribution in [2.24, 2.45) is 0 Å². The maximum Gasteiger partial charge on any atom is 0.295 e. The van der Waals surface area contributed by atoms with Gasteiger partial charge in [-0.25, -0.2) is 0 Å². The van der Waals surface area contributed by atoms with Crippen molar-refractivity contribution in [1.82, 2.24) is 9.80 Å². The molecule has 7 nitrogen and oxygen atoms in total. The van der Waals surface area contributed by atoms with E-state index in [1.54, 1.807) is 54.5 Å². The number of likely N-dealkylation sites (tertiary alicyclic amines) is 1. The molecule has 2 aromatic rings. The highest BCUT2D eigenvalue weighted by molar-refractivity contribution is 6.46. The second-order valence-corrected chi connectivity index (χ2v) is 7.92. The van der Waals surface area contributed by atoms with Gasteiger partial charge >= 0.3 is 0 Å². The number of ether oxygens (including phenoxy) is 2. The van der Waals surface area contributed by atoms with Gasteiger partial charge in [0.15, 0.2) is 0 Å². The fourth-order valence-corrected chi connectivity index (χ4v) is 4.08. The summed E-state index contributed by atoms with van der Waals surface area (Å²) in [6, 6.07) is 13.3. The minimum Gasteiger partial charge on any atom is -0.507 e. The van der Waals surface area contributed by atoms with E-state index in [0.717, 1.165) is 13.1 Å². The number of ketones is 1. The van der Waals surface area contributed by atoms with Gasteiger partial charge < -0.3 is 24.4 Å². The number of methoxy groups -OCH3 is 1. The highest BCUT2D eigenvalue weighted by atomic mass is 16.5. The molecule has 0 aliphatic carbocycles. The third-order valence-electron chi connectivity index (χ3n) is 6.00. The zero-order valence-electron chi connectivity index (χ0n) is 20.0. The molecular weight excluding hydrogens is 432 g/mol. The van der Waals surface area contributed by atoms with Crippen LogP contribution in [-0.2, 0) is 9.59 Å². The second kappa shape index (κ2) is 11.5. The van der Waals surface area contributed by atoms with Crippen molar-refractivity contribution < 1.29 is 24.2 Å². The molecule has 1 atom stereocenters. The summed E-state index contributed by atoms with van der Waals surface area (Å²) in [5.41, 5.74) is 1.20. The van der Waals surface area contributed by atoms with Crippen LogP contribution in [0.3, 0.4) is 0 Å². The average Bonchev–Trinajstić information content (AvgIpc) is 3.13. The normalized spacial score (nSPS) is 17.3. The topological polar surface area (TPSA) is 79.3 Å². The zero-order chi connectivity index (χ0) is 24.7. The van der Waals surface area contributed by atoms with Gasteiger partial charge in [0.25, 0.3) is 11.7 Å². The standard InChI is InChI=1S/C27H32N2O5/c1-5-17-34-21-13-11-19(12-14-21)25(30)23-24(20-9-8-10-22(18-20)33-4)29(27(32)26(23)31)16-15-28(6-2)7-3/h5,8-14,18,24,30H,1,6-7,15-17H2,2-4H3. The number of amides is 1. The number of aliphatic hydroxyl groups is 1. The number of Topliss-reactive ketones (excluding diaryl/α,β-unsaturated/α-hetero) is 1. The van der Waals surface area contributed by atoms with Crippen LogP contribution in [0.1, 0.15) is 31.0 Å². The summed E-state index contributed by atoms with van der Waals surface area (Å²) in [5.74, 6) is -0.313. The highest BCUT2D eigenvalue weighted by Crippen LogP contribution is 2.40. The first-order valence-electron chi connectivity index (χ1n) is 11.4. The minimum atomic E-state index is -0.720. The summed E-state index contributed by atoms with van der Waals surface area (Å²) < 4.78 is 10.9. The summed E-state index contributed by atoms with van der Waals surface area (Å²) in [6.07, 6.45) is 1.64. The third kappa shape index (κ3) is 5.31. The zero-order valence-corrected chi connectivity index (χ0v) is 20.0. The lowest BCUT2D eigenvalue weighted by Gasteiger charge is -2.28. The number of likely N-dealkylation sites (N-methyl/N-ethyl adjacent to an activating group) is 1. The second-order valence-electron chi connectivity index (χ2n) is 7.92. The van der Waals surface area contributed by atoms with E-state index in [0.29, 0.717) is 42.3 Å². The molecule has 34 heavy (non-hydrogen) atoms. The van der Waals surface area contributed by atoms with Crippen molar-refractivity contribution in [3.63, 3.8) is 0 Å². The Morgan fingerprint density at radius 3 is 2.44 bits per heavy atom. The van der Waals surface area contributed by atoms with E-state index in [1.807, 2.05) is 12.1 Å². The number of carbonyl (C=O) groups is 2. The Morgan fingerprint density at radius 1 is 1.12 bits per heavy atom. The fourth-order valence-electron chi connectivity index (χ4n) is 4.08. The molecule has 0 spiro atoms. The van der Waals surface area contributed by atoms with Gasteiger partial charge in [-0.1, -0.05) is 38.6 Å². The number of carbonyl (C=O) groups excluding carboxylic acids is 2. The molecular formula is C27H32N2O5. The molecule has 1 N–H and O–H groups in total. The van der Waals surface area contributed by atoms with Crippen LogP contribution in [0.4, 0.5) is 0 Å². The lowest BCUT2D eigenvalue weighted by atomic mass is 9.95. The van der Waals surface area contributed by atoms with Crippen molar-refractivity contribution in [2.75, 3.05) is 39.9 Å². The largest absolute Gasteiger partial charge is 0.507 e. The van der Waals surface area contributed by atoms with Crippen molar-refractivity contribution in [3.8, 4) is 11.5 Å². The van der Waals surface area contributed by atoms with Crippen molar-refractivity contribution in [2.45, 2.75) is 19.9 Å². The van der Waals surface area contributed by atoms with Gasteiger partial charge in [0.2, 0.25) is 0 Å². The van der Waals surface area contributed by atoms with Gasteiger partial charge in [-0.2, -0.15) is 0 Å². The van der Waals surface area contributed by atoms with Gasteiger partial charge in [0.05, 0.1) is 18.7 Å². The highest BCUT2D eigenvalue weighted by Gasteiger charge is 2.46. The molecule has 1 amide bonds. The number of benzene rings is 2. The Labute approximate surface area is 200 Å². The maximum absolute atomic E-state index is 13.2. The smallest absolute Gasteiger partial charge is 0.295 e. The van der Waals surface area contributed by atoms with Gasteiger partial charge in [-0.3, -0.25) is 9.59 Å². The van der Waals surface area contributed by atoms with Crippen molar-refractivity contribution >= 4 is 17.4 Å². The predicted molar refractivity (Wildman–Crippen MR) is 132 cm³/mol. The van der Waals surface area contributed by atoms with E-state index in [9.17, 15) is 14.7 Å². The third-order valence-corrected chi connectivity index (χ3v) is 6.00. The van der Waals surface area contributed by atoms with E-state index >= 15 is 0 Å². The Hall–Kier alpha value is -3.58. The van der Waals surface area contributed by atoms with Crippen molar-refractivity contribution in [3.05, 3.63) is 77.9 Å². The van der Waals surface area contributed by atoms with E-state index in [-0.39, 0.29) is 11.3 Å². The first-order valence-corrected chi connectivity index (χ1v) is 11.4. The van der Waals surface area contributed by atoms with E-state index < -0.39 is 17.7 Å². The molecule has 0 radical (unpaired) electrons. The summed E-state index contributed by atoms with van der Waals surface area (Å²) in [6.45, 7) is 10.8. The maximum atomic E-state index is 13.2. The van der Waals surface area contributed by atoms with Gasteiger partial charge in [0, 0.05) is 18.7 Å². The fraction of sp³-hybridized carbons (Fsp3) is 0.333. The summed E-state index contributed by atoms with van der Waals surface area (Å²) in [5, 5.41) is 11.2. The van der Waals surface area contributed by atoms with Crippen LogP contribution in [0.15, 0.2) is 66.8 Å². The lowest BCUT2D eigenvalue weighted by Crippen LogP contribution is -2.38. The Bertz CT molecular complexity index is 1060. The van der Waals surface area contributed by atoms with E-state index in [1.165, 1.54) is 0 Å². The molecule has 0 saturated carbocycles. The van der Waals surface area contributed by atoms with E-state index in [2.05, 4.69) is 25.3 Å². The quantitative estimate of drug-likeness (QED) is 0.234. The van der Waals surface area contributed by atoms with Gasteiger partial charge in [0.1, 0.15) is 23.9 Å². The predicted octanol–water partition coefficient (Wildman–Crippen LogP) is 4.02. The van der Waals surface area contributed by atoms with Crippen molar-refractivity contribution in [1.29, 1.82) is 0 Å². The molecule has 1 heterocycles. The van der Waals surface area contributed by atoms with Gasteiger partial charge in [-0.05, 0) is 55.1 Å². The van der Waals surface area contributed by atoms with Crippen LogP contribution in [0.25, 0.3) is 5.76 Å². The number of rotatable bonds is 11. The molecule has 1 fully saturated rings. The first-order chi connectivity index (χ1) is 16.4. The monoisotopic (exact) mass is 464 g/mol. The Kier molecular flexibility index (Phi) is 8.49. The molecule has 2 aromatic carbocycles. The molecule has 1 aliphatic rings. The van der Waals surface area contributed by atoms with Crippen LogP contribution >= 0.6 is 0 Å². The number of hydrogen-bond donors (Lipinski definition) is 1. The van der Waals surface area contributed by atoms with E-state index in [4.69, 9.17) is 9.47 Å². The number of aliphatic hydroxyl groups excluding tert-OH is 1. The minimum absolute atomic E-state index is 0.0672. The summed E-state index contributed by atoms with van der Waals surface area (Å²) in [4.78, 5) is 30.0. The molecule has 3 rings (SSSR count). The number of nitrogens with zero attached hydrogens (tertiary/aromatic N) is 2. The van der Waals surface area contributed by atoms with Crippen LogP contribution in [0.2, 0.25) is 0 Å². The molecule has 1 aliphatic heterocycles. The van der Waals surface area contributed by atoms with Crippen LogP contribution < -0.4 is 9.47 Å².